The topological polar surface area (TPSA) is 35.6 Å². The molecular weight excluding hydrogens is 609 g/mol. The van der Waals surface area contributed by atoms with Crippen LogP contribution in [0.3, 0.4) is 0 Å². The highest BCUT2D eigenvalue weighted by molar-refractivity contribution is 6.18. The number of aromatic nitrogens is 4. The molecule has 10 aromatic rings. The van der Waals surface area contributed by atoms with Gasteiger partial charge in [-0.3, -0.25) is 9.97 Å². The summed E-state index contributed by atoms with van der Waals surface area (Å²) in [4.78, 5) is 8.87. The van der Waals surface area contributed by atoms with Crippen molar-refractivity contribution in [2.24, 2.45) is 0 Å². The minimum Gasteiger partial charge on any atom is -0.309 e. The van der Waals surface area contributed by atoms with Crippen LogP contribution in [0.1, 0.15) is 13.8 Å². The number of benzene rings is 6. The second-order valence-corrected chi connectivity index (χ2v) is 12.4. The molecule has 0 atom stereocenters. The van der Waals surface area contributed by atoms with E-state index in [0.717, 1.165) is 27.9 Å². The van der Waals surface area contributed by atoms with Gasteiger partial charge in [0.1, 0.15) is 0 Å². The maximum absolute atomic E-state index is 4.44. The van der Waals surface area contributed by atoms with Gasteiger partial charge in [-0.1, -0.05) is 80.6 Å². The van der Waals surface area contributed by atoms with Gasteiger partial charge in [0, 0.05) is 68.8 Å². The van der Waals surface area contributed by atoms with Crippen molar-refractivity contribution in [3.63, 3.8) is 0 Å². The van der Waals surface area contributed by atoms with Crippen molar-refractivity contribution in [3.05, 3.63) is 170 Å². The molecule has 0 N–H and O–H groups in total. The van der Waals surface area contributed by atoms with Crippen LogP contribution in [0.5, 0.6) is 0 Å². The highest BCUT2D eigenvalue weighted by atomic mass is 15.0. The molecule has 0 radical (unpaired) electrons. The highest BCUT2D eigenvalue weighted by Gasteiger charge is 2.18. The Hall–Kier alpha value is -6.52. The van der Waals surface area contributed by atoms with Crippen LogP contribution in [0.15, 0.2) is 170 Å². The maximum Gasteiger partial charge on any atom is 0.0547 e. The zero-order chi connectivity index (χ0) is 33.6. The smallest absolute Gasteiger partial charge is 0.0547 e. The van der Waals surface area contributed by atoms with E-state index in [1.165, 1.54) is 60.1 Å². The first-order chi connectivity index (χ1) is 24.8. The van der Waals surface area contributed by atoms with E-state index in [-0.39, 0.29) is 0 Å². The normalized spacial score (nSPS) is 11.4. The number of rotatable bonds is 4. The lowest BCUT2D eigenvalue weighted by Gasteiger charge is -2.14. The Kier molecular flexibility index (Phi) is 7.21. The summed E-state index contributed by atoms with van der Waals surface area (Å²) in [7, 11) is 0. The average Bonchev–Trinajstić information content (AvgIpc) is 3.69. The summed E-state index contributed by atoms with van der Waals surface area (Å²) in [6, 6.07) is 52.7. The Morgan fingerprint density at radius 3 is 1.34 bits per heavy atom. The van der Waals surface area contributed by atoms with Crippen molar-refractivity contribution in [3.8, 4) is 33.6 Å². The molecule has 0 spiro atoms. The van der Waals surface area contributed by atoms with Crippen LogP contribution in [0.2, 0.25) is 0 Å². The molecule has 4 heterocycles. The van der Waals surface area contributed by atoms with Gasteiger partial charge in [0.05, 0.1) is 22.1 Å². The van der Waals surface area contributed by atoms with Crippen LogP contribution >= 0.6 is 0 Å². The molecule has 50 heavy (non-hydrogen) atoms. The summed E-state index contributed by atoms with van der Waals surface area (Å²) in [5.41, 5.74) is 11.4. The molecular formula is C46H34N4. The Bertz CT molecular complexity index is 2760. The first-order valence-corrected chi connectivity index (χ1v) is 17.2. The summed E-state index contributed by atoms with van der Waals surface area (Å²) < 4.78 is 4.81. The molecule has 0 saturated carbocycles. The Morgan fingerprint density at radius 1 is 0.360 bits per heavy atom. The Morgan fingerprint density at radius 2 is 0.840 bits per heavy atom. The molecule has 238 valence electrons. The van der Waals surface area contributed by atoms with E-state index in [2.05, 4.69) is 153 Å². The Balaban J connectivity index is 0.00000165. The second-order valence-electron chi connectivity index (χ2n) is 12.4. The van der Waals surface area contributed by atoms with Crippen LogP contribution in [0.25, 0.3) is 88.0 Å². The third kappa shape index (κ3) is 4.76. The maximum atomic E-state index is 4.44. The van der Waals surface area contributed by atoms with E-state index in [9.17, 15) is 0 Å². The standard InChI is InChI=1S/C44H28N4.C2H6/c1-2-12-35(13-3-1)47-41-16-6-4-14-37(41)39-23-34-26-44-40(24-33(34)25-43(39)47)38-15-5-7-17-42(38)48(44)36-21-31(29-10-8-18-45-27-29)20-32(22-36)30-11-9-19-46-28-30;1-2/h1-28H;1-2H3. The molecule has 0 aliphatic heterocycles. The van der Waals surface area contributed by atoms with Crippen molar-refractivity contribution in [2.45, 2.75) is 13.8 Å². The molecule has 0 unspecified atom stereocenters. The van der Waals surface area contributed by atoms with Crippen LogP contribution in [-0.4, -0.2) is 19.1 Å². The fraction of sp³-hybridized carbons (Fsp3) is 0.0435. The molecule has 0 amide bonds. The molecule has 0 aliphatic carbocycles. The van der Waals surface area contributed by atoms with Crippen molar-refractivity contribution < 1.29 is 0 Å². The molecule has 4 aromatic heterocycles. The van der Waals surface area contributed by atoms with Crippen molar-refractivity contribution in [1.29, 1.82) is 0 Å². The van der Waals surface area contributed by atoms with Crippen LogP contribution in [0.4, 0.5) is 0 Å². The van der Waals surface area contributed by atoms with Crippen LogP contribution in [0, 0.1) is 0 Å². The molecule has 0 fully saturated rings. The van der Waals surface area contributed by atoms with E-state index in [1.54, 1.807) is 0 Å². The van der Waals surface area contributed by atoms with Gasteiger partial charge < -0.3 is 9.13 Å². The van der Waals surface area contributed by atoms with Gasteiger partial charge in [-0.15, -0.1) is 0 Å². The predicted octanol–water partition coefficient (Wildman–Crippen LogP) is 12.2. The highest BCUT2D eigenvalue weighted by Crippen LogP contribution is 2.40. The van der Waals surface area contributed by atoms with Gasteiger partial charge >= 0.3 is 0 Å². The number of pyridine rings is 2. The number of hydrogen-bond donors (Lipinski definition) is 0. The molecule has 0 saturated heterocycles. The van der Waals surface area contributed by atoms with Gasteiger partial charge in [0.15, 0.2) is 0 Å². The van der Waals surface area contributed by atoms with E-state index < -0.39 is 0 Å². The monoisotopic (exact) mass is 642 g/mol. The van der Waals surface area contributed by atoms with E-state index in [4.69, 9.17) is 0 Å². The SMILES string of the molecule is CC.c1ccc(-n2c3ccccc3c3cc4cc5c(cc4cc32)c2ccccc2n5-c2cc(-c3cccnc3)cc(-c3cccnc3)c2)cc1. The largest absolute Gasteiger partial charge is 0.309 e. The van der Waals surface area contributed by atoms with Crippen LogP contribution in [-0.2, 0) is 0 Å². The van der Waals surface area contributed by atoms with Gasteiger partial charge in [0.2, 0.25) is 0 Å². The number of fused-ring (bicyclic) bond motifs is 7. The summed E-state index contributed by atoms with van der Waals surface area (Å²) in [5.74, 6) is 0. The lowest BCUT2D eigenvalue weighted by molar-refractivity contribution is 1.18. The molecule has 6 aromatic carbocycles. The minimum absolute atomic E-state index is 1.08. The van der Waals surface area contributed by atoms with E-state index in [1.807, 2.05) is 50.8 Å². The minimum atomic E-state index is 1.08. The fourth-order valence-corrected chi connectivity index (χ4v) is 7.45. The summed E-state index contributed by atoms with van der Waals surface area (Å²) in [6.07, 6.45) is 7.51. The molecule has 4 heteroatoms. The summed E-state index contributed by atoms with van der Waals surface area (Å²) in [5, 5.41) is 7.40. The first kappa shape index (κ1) is 29.6. The van der Waals surface area contributed by atoms with Gasteiger partial charge in [0.25, 0.3) is 0 Å². The van der Waals surface area contributed by atoms with Gasteiger partial charge in [-0.2, -0.15) is 0 Å². The number of para-hydroxylation sites is 3. The molecule has 10 rings (SSSR count). The summed E-state index contributed by atoms with van der Waals surface area (Å²) >= 11 is 0. The van der Waals surface area contributed by atoms with Crippen molar-refractivity contribution in [2.75, 3.05) is 0 Å². The molecule has 0 aliphatic rings. The average molecular weight is 643 g/mol. The third-order valence-corrected chi connectivity index (χ3v) is 9.60. The first-order valence-electron chi connectivity index (χ1n) is 17.2. The van der Waals surface area contributed by atoms with Gasteiger partial charge in [-0.05, 0) is 101 Å². The Labute approximate surface area is 290 Å². The van der Waals surface area contributed by atoms with E-state index in [0.29, 0.717) is 0 Å². The third-order valence-electron chi connectivity index (χ3n) is 9.60. The van der Waals surface area contributed by atoms with Crippen molar-refractivity contribution >= 4 is 54.4 Å². The lowest BCUT2D eigenvalue weighted by atomic mass is 9.99. The predicted molar refractivity (Wildman–Crippen MR) is 210 cm³/mol. The van der Waals surface area contributed by atoms with E-state index >= 15 is 0 Å². The molecule has 0 bridgehead atoms. The summed E-state index contributed by atoms with van der Waals surface area (Å²) in [6.45, 7) is 4.00. The van der Waals surface area contributed by atoms with Crippen LogP contribution < -0.4 is 0 Å². The quantitative estimate of drug-likeness (QED) is 0.191. The zero-order valence-corrected chi connectivity index (χ0v) is 28.0. The fourth-order valence-electron chi connectivity index (χ4n) is 7.45. The second kappa shape index (κ2) is 12.2. The number of nitrogens with zero attached hydrogens (tertiary/aromatic N) is 4. The van der Waals surface area contributed by atoms with Gasteiger partial charge in [-0.25, -0.2) is 0 Å². The zero-order valence-electron chi connectivity index (χ0n) is 28.0. The van der Waals surface area contributed by atoms with Crippen molar-refractivity contribution in [1.82, 2.24) is 19.1 Å². The number of hydrogen-bond acceptors (Lipinski definition) is 2. The molecule has 4 nitrogen and oxygen atoms in total. The lowest BCUT2D eigenvalue weighted by Crippen LogP contribution is -1.96.